The Bertz CT molecular complexity index is 316. The van der Waals surface area contributed by atoms with Crippen LogP contribution in [0.4, 0.5) is 11.4 Å². The Morgan fingerprint density at radius 2 is 2.38 bits per heavy atom. The van der Waals surface area contributed by atoms with Crippen molar-refractivity contribution in [2.24, 2.45) is 0 Å². The lowest BCUT2D eigenvalue weighted by molar-refractivity contribution is -0.384. The van der Waals surface area contributed by atoms with Crippen LogP contribution in [0, 0.1) is 15.3 Å². The summed E-state index contributed by atoms with van der Waals surface area (Å²) >= 11 is 0. The number of pyridine rings is 1. The molecule has 0 aliphatic carbocycles. The molecule has 1 aromatic rings. The molecule has 0 fully saturated rings. The van der Waals surface area contributed by atoms with Crippen LogP contribution in [0.1, 0.15) is 6.92 Å². The molecule has 70 valence electrons. The van der Waals surface area contributed by atoms with Crippen LogP contribution in [-0.2, 0) is 0 Å². The van der Waals surface area contributed by atoms with Crippen molar-refractivity contribution in [3.63, 3.8) is 0 Å². The maximum Gasteiger partial charge on any atom is 0.294 e. The van der Waals surface area contributed by atoms with Crippen LogP contribution in [0.2, 0.25) is 0 Å². The molecular formula is C7H8N3O3-. The van der Waals surface area contributed by atoms with E-state index in [1.54, 1.807) is 6.92 Å². The predicted molar refractivity (Wildman–Crippen MR) is 47.3 cm³/mol. The van der Waals surface area contributed by atoms with Gasteiger partial charge in [0.1, 0.15) is 5.69 Å². The maximum atomic E-state index is 11.1. The average molecular weight is 182 g/mol. The van der Waals surface area contributed by atoms with E-state index in [0.717, 1.165) is 0 Å². The molecular weight excluding hydrogens is 174 g/mol. The molecule has 1 heterocycles. The van der Waals surface area contributed by atoms with E-state index in [2.05, 4.69) is 4.98 Å². The molecule has 0 amide bonds. The number of anilines is 1. The Kier molecular flexibility index (Phi) is 2.76. The second kappa shape index (κ2) is 3.81. The van der Waals surface area contributed by atoms with Crippen molar-refractivity contribution in [2.75, 3.05) is 11.6 Å². The summed E-state index contributed by atoms with van der Waals surface area (Å²) in [7, 11) is 0. The van der Waals surface area contributed by atoms with Gasteiger partial charge in [0.05, 0.1) is 11.1 Å². The minimum atomic E-state index is -0.600. The third-order valence-electron chi connectivity index (χ3n) is 1.53. The summed E-state index contributed by atoms with van der Waals surface area (Å²) in [6.07, 6.45) is 2.47. The van der Waals surface area contributed by atoms with Crippen molar-refractivity contribution in [3.05, 3.63) is 33.8 Å². The zero-order valence-corrected chi connectivity index (χ0v) is 7.01. The summed E-state index contributed by atoms with van der Waals surface area (Å²) in [6, 6.07) is 1.20. The van der Waals surface area contributed by atoms with Crippen LogP contribution in [0.5, 0.6) is 0 Å². The van der Waals surface area contributed by atoms with Gasteiger partial charge in [-0.3, -0.25) is 15.1 Å². The molecule has 1 rings (SSSR count). The molecule has 6 heteroatoms. The quantitative estimate of drug-likeness (QED) is 0.520. The lowest BCUT2D eigenvalue weighted by Gasteiger charge is -2.27. The Morgan fingerprint density at radius 3 is 2.92 bits per heavy atom. The van der Waals surface area contributed by atoms with Crippen LogP contribution >= 0.6 is 0 Å². The highest BCUT2D eigenvalue weighted by Gasteiger charge is 2.12. The first kappa shape index (κ1) is 9.40. The van der Waals surface area contributed by atoms with E-state index in [1.807, 2.05) is 0 Å². The van der Waals surface area contributed by atoms with Crippen molar-refractivity contribution in [2.45, 2.75) is 6.92 Å². The van der Waals surface area contributed by atoms with Gasteiger partial charge in [0, 0.05) is 18.8 Å². The normalized spacial score (nSPS) is 9.69. The Balaban J connectivity index is 3.11. The first-order valence-corrected chi connectivity index (χ1v) is 3.70. The van der Waals surface area contributed by atoms with Gasteiger partial charge in [-0.05, 0) is 6.92 Å². The zero-order valence-electron chi connectivity index (χ0n) is 7.01. The topological polar surface area (TPSA) is 82.3 Å². The van der Waals surface area contributed by atoms with Crippen molar-refractivity contribution in [1.82, 2.24) is 4.98 Å². The molecule has 0 unspecified atom stereocenters. The second-order valence-corrected chi connectivity index (χ2v) is 2.32. The number of hydrogen-bond donors (Lipinski definition) is 0. The molecule has 0 saturated carbocycles. The summed E-state index contributed by atoms with van der Waals surface area (Å²) in [5.41, 5.74) is -0.221. The smallest absolute Gasteiger partial charge is 0.294 e. The van der Waals surface area contributed by atoms with E-state index < -0.39 is 4.92 Å². The van der Waals surface area contributed by atoms with E-state index >= 15 is 0 Å². The van der Waals surface area contributed by atoms with E-state index in [1.165, 1.54) is 18.5 Å². The summed E-state index contributed by atoms with van der Waals surface area (Å²) in [5.74, 6) is 0. The van der Waals surface area contributed by atoms with Crippen LogP contribution in [-0.4, -0.2) is 16.5 Å². The third kappa shape index (κ3) is 1.91. The van der Waals surface area contributed by atoms with Gasteiger partial charge in [0.25, 0.3) is 5.69 Å². The second-order valence-electron chi connectivity index (χ2n) is 2.32. The van der Waals surface area contributed by atoms with Crippen LogP contribution in [0.3, 0.4) is 0 Å². The first-order valence-electron chi connectivity index (χ1n) is 3.70. The van der Waals surface area contributed by atoms with Gasteiger partial charge in [0.15, 0.2) is 0 Å². The summed E-state index contributed by atoms with van der Waals surface area (Å²) < 4.78 is 0. The van der Waals surface area contributed by atoms with Gasteiger partial charge in [-0.2, -0.15) is 0 Å². The maximum absolute atomic E-state index is 11.1. The monoisotopic (exact) mass is 182 g/mol. The highest BCUT2D eigenvalue weighted by molar-refractivity contribution is 5.61. The molecule has 0 aromatic carbocycles. The fraction of sp³-hybridized carbons (Fsp3) is 0.286. The van der Waals surface area contributed by atoms with Crippen molar-refractivity contribution in [1.29, 1.82) is 0 Å². The van der Waals surface area contributed by atoms with Gasteiger partial charge in [-0.15, -0.1) is 0 Å². The number of aromatic nitrogens is 1. The van der Waals surface area contributed by atoms with E-state index in [0.29, 0.717) is 5.06 Å². The van der Waals surface area contributed by atoms with E-state index in [-0.39, 0.29) is 17.9 Å². The predicted octanol–water partition coefficient (Wildman–Crippen LogP) is 1.31. The van der Waals surface area contributed by atoms with Gasteiger partial charge in [-0.1, -0.05) is 0 Å². The molecule has 0 radical (unpaired) electrons. The largest absolute Gasteiger partial charge is 0.758 e. The Labute approximate surface area is 74.5 Å². The molecule has 0 N–H and O–H groups in total. The van der Waals surface area contributed by atoms with Gasteiger partial charge in [-0.25, -0.2) is 0 Å². The molecule has 0 aliphatic rings. The third-order valence-corrected chi connectivity index (χ3v) is 1.53. The number of hydrogen-bond acceptors (Lipinski definition) is 5. The lowest BCUT2D eigenvalue weighted by Crippen LogP contribution is -2.15. The van der Waals surface area contributed by atoms with Crippen molar-refractivity contribution < 1.29 is 4.92 Å². The van der Waals surface area contributed by atoms with Gasteiger partial charge >= 0.3 is 0 Å². The summed E-state index contributed by atoms with van der Waals surface area (Å²) in [5, 5.41) is 22.1. The van der Waals surface area contributed by atoms with Crippen LogP contribution in [0.15, 0.2) is 18.5 Å². The minimum Gasteiger partial charge on any atom is -0.758 e. The van der Waals surface area contributed by atoms with E-state index in [9.17, 15) is 15.3 Å². The highest BCUT2D eigenvalue weighted by Crippen LogP contribution is 2.25. The number of nitro groups is 1. The Hall–Kier alpha value is -1.69. The first-order chi connectivity index (χ1) is 6.16. The van der Waals surface area contributed by atoms with Crippen LogP contribution < -0.4 is 5.06 Å². The SMILES string of the molecule is CCN([O-])c1cnccc1[N+](=O)[O-]. The highest BCUT2D eigenvalue weighted by atomic mass is 16.6. The molecule has 0 bridgehead atoms. The molecule has 0 atom stereocenters. The fourth-order valence-electron chi connectivity index (χ4n) is 0.896. The fourth-order valence-corrected chi connectivity index (χ4v) is 0.896. The van der Waals surface area contributed by atoms with Crippen molar-refractivity contribution in [3.8, 4) is 0 Å². The van der Waals surface area contributed by atoms with Crippen molar-refractivity contribution >= 4 is 11.4 Å². The molecule has 6 nitrogen and oxygen atoms in total. The number of hydroxylamine groups is 1. The summed E-state index contributed by atoms with van der Waals surface area (Å²) in [4.78, 5) is 13.5. The van der Waals surface area contributed by atoms with Gasteiger partial charge in [0.2, 0.25) is 0 Å². The summed E-state index contributed by atoms with van der Waals surface area (Å²) in [6.45, 7) is 1.77. The molecule has 0 spiro atoms. The Morgan fingerprint density at radius 1 is 1.69 bits per heavy atom. The molecule has 1 aromatic heterocycles. The number of rotatable bonds is 3. The molecule has 0 aliphatic heterocycles. The number of nitrogens with zero attached hydrogens (tertiary/aromatic N) is 3. The minimum absolute atomic E-state index is 0.00463. The van der Waals surface area contributed by atoms with Gasteiger partial charge < -0.3 is 10.3 Å². The average Bonchev–Trinajstić information content (AvgIpc) is 2.16. The molecule has 0 saturated heterocycles. The lowest BCUT2D eigenvalue weighted by atomic mass is 10.3. The molecule has 13 heavy (non-hydrogen) atoms. The van der Waals surface area contributed by atoms with E-state index in [4.69, 9.17) is 0 Å². The zero-order chi connectivity index (χ0) is 9.84. The standard InChI is InChI=1S/C7H8N3O3/c1-2-9(11)7-5-8-4-3-6(7)10(12)13/h3-5H,2H2,1H3/q-1. The van der Waals surface area contributed by atoms with Crippen LogP contribution in [0.25, 0.3) is 0 Å².